The van der Waals surface area contributed by atoms with E-state index in [9.17, 15) is 9.90 Å². The van der Waals surface area contributed by atoms with Crippen LogP contribution in [0.1, 0.15) is 40.2 Å². The molecule has 0 saturated heterocycles. The van der Waals surface area contributed by atoms with E-state index >= 15 is 0 Å². The molecule has 0 saturated carbocycles. The second-order valence-electron chi connectivity index (χ2n) is 6.88. The first kappa shape index (κ1) is 19.8. The lowest BCUT2D eigenvalue weighted by Crippen LogP contribution is -2.12. The number of aryl methyl sites for hydroxylation is 3. The van der Waals surface area contributed by atoms with E-state index in [1.54, 1.807) is 11.8 Å². The number of aromatic nitrogens is 3. The highest BCUT2D eigenvalue weighted by Gasteiger charge is 2.25. The van der Waals surface area contributed by atoms with Gasteiger partial charge in [0, 0.05) is 13.0 Å². The Morgan fingerprint density at radius 3 is 2.64 bits per heavy atom. The predicted molar refractivity (Wildman–Crippen MR) is 105 cm³/mol. The number of ether oxygens (including phenoxy) is 2. The van der Waals surface area contributed by atoms with Crippen LogP contribution in [0.3, 0.4) is 0 Å². The standard InChI is InChI=1S/C21H25N3O4/c1-12-6-7-14(8-15(12)11-25)17(10-19(26)28-5)16-9-18(27-4)21-20(13(16)2)22-23-24(21)3/h6-9,17,25H,10-11H2,1-5H3. The van der Waals surface area contributed by atoms with Gasteiger partial charge in [0.25, 0.3) is 0 Å². The number of benzene rings is 2. The largest absolute Gasteiger partial charge is 0.494 e. The van der Waals surface area contributed by atoms with Crippen LogP contribution in [0.5, 0.6) is 5.75 Å². The fourth-order valence-electron chi connectivity index (χ4n) is 3.59. The smallest absolute Gasteiger partial charge is 0.306 e. The average molecular weight is 383 g/mol. The molecular formula is C21H25N3O4. The fraction of sp³-hybridized carbons (Fsp3) is 0.381. The quantitative estimate of drug-likeness (QED) is 0.659. The van der Waals surface area contributed by atoms with Crippen molar-refractivity contribution in [2.45, 2.75) is 32.8 Å². The summed E-state index contributed by atoms with van der Waals surface area (Å²) in [5.74, 6) is 0.0693. The molecule has 0 bridgehead atoms. The van der Waals surface area contributed by atoms with E-state index in [1.807, 2.05) is 45.2 Å². The van der Waals surface area contributed by atoms with Crippen LogP contribution in [0.2, 0.25) is 0 Å². The van der Waals surface area contributed by atoms with Gasteiger partial charge in [0.15, 0.2) is 0 Å². The Bertz CT molecular complexity index is 1030. The Morgan fingerprint density at radius 1 is 1.25 bits per heavy atom. The third kappa shape index (κ3) is 3.45. The van der Waals surface area contributed by atoms with Crippen molar-refractivity contribution in [2.75, 3.05) is 14.2 Å². The summed E-state index contributed by atoms with van der Waals surface area (Å²) >= 11 is 0. The molecule has 3 rings (SSSR count). The van der Waals surface area contributed by atoms with Crippen LogP contribution >= 0.6 is 0 Å². The summed E-state index contributed by atoms with van der Waals surface area (Å²) in [5, 5.41) is 18.1. The first-order chi connectivity index (χ1) is 13.4. The van der Waals surface area contributed by atoms with E-state index in [-0.39, 0.29) is 24.9 Å². The molecule has 1 aromatic heterocycles. The van der Waals surface area contributed by atoms with Crippen LogP contribution in [0.25, 0.3) is 11.0 Å². The molecule has 28 heavy (non-hydrogen) atoms. The van der Waals surface area contributed by atoms with Crippen LogP contribution in [-0.2, 0) is 23.2 Å². The maximum atomic E-state index is 12.2. The summed E-state index contributed by atoms with van der Waals surface area (Å²) in [6.07, 6.45) is 0.167. The molecule has 0 aliphatic carbocycles. The van der Waals surface area contributed by atoms with Crippen LogP contribution in [0, 0.1) is 13.8 Å². The van der Waals surface area contributed by atoms with Gasteiger partial charge in [0.2, 0.25) is 0 Å². The molecule has 0 fully saturated rings. The maximum Gasteiger partial charge on any atom is 0.306 e. The molecular weight excluding hydrogens is 358 g/mol. The molecule has 2 aromatic carbocycles. The number of esters is 1. The van der Waals surface area contributed by atoms with Gasteiger partial charge in [0.1, 0.15) is 16.8 Å². The molecule has 7 nitrogen and oxygen atoms in total. The Balaban J connectivity index is 2.24. The van der Waals surface area contributed by atoms with Crippen molar-refractivity contribution in [2.24, 2.45) is 7.05 Å². The Kier molecular flexibility index (Phi) is 5.65. The molecule has 148 valence electrons. The summed E-state index contributed by atoms with van der Waals surface area (Å²) < 4.78 is 12.2. The van der Waals surface area contributed by atoms with Crippen LogP contribution < -0.4 is 4.74 Å². The second-order valence-corrected chi connectivity index (χ2v) is 6.88. The lowest BCUT2D eigenvalue weighted by Gasteiger charge is -2.21. The van der Waals surface area contributed by atoms with Crippen LogP contribution in [0.15, 0.2) is 24.3 Å². The molecule has 1 atom stereocenters. The maximum absolute atomic E-state index is 12.2. The zero-order chi connectivity index (χ0) is 20.4. The topological polar surface area (TPSA) is 86.5 Å². The second kappa shape index (κ2) is 7.98. The van der Waals surface area contributed by atoms with Crippen molar-refractivity contribution in [3.05, 3.63) is 52.1 Å². The fourth-order valence-corrected chi connectivity index (χ4v) is 3.59. The minimum atomic E-state index is -0.311. The van der Waals surface area contributed by atoms with Gasteiger partial charge in [-0.25, -0.2) is 4.68 Å². The number of aliphatic hydroxyl groups is 1. The molecule has 1 heterocycles. The zero-order valence-electron chi connectivity index (χ0n) is 16.8. The number of hydrogen-bond donors (Lipinski definition) is 1. The van der Waals surface area contributed by atoms with Gasteiger partial charge in [-0.3, -0.25) is 4.79 Å². The van der Waals surface area contributed by atoms with Crippen molar-refractivity contribution in [1.29, 1.82) is 0 Å². The summed E-state index contributed by atoms with van der Waals surface area (Å²) in [5.41, 5.74) is 6.15. The van der Waals surface area contributed by atoms with Gasteiger partial charge in [-0.2, -0.15) is 0 Å². The van der Waals surface area contributed by atoms with Gasteiger partial charge in [-0.15, -0.1) is 5.10 Å². The van der Waals surface area contributed by atoms with Gasteiger partial charge in [-0.1, -0.05) is 23.4 Å². The van der Waals surface area contributed by atoms with E-state index in [1.165, 1.54) is 7.11 Å². The molecule has 0 aliphatic rings. The number of carbonyl (C=O) groups excluding carboxylic acids is 1. The average Bonchev–Trinajstić information content (AvgIpc) is 3.09. The van der Waals surface area contributed by atoms with E-state index < -0.39 is 0 Å². The third-order valence-electron chi connectivity index (χ3n) is 5.27. The van der Waals surface area contributed by atoms with Crippen molar-refractivity contribution in [3.8, 4) is 5.75 Å². The van der Waals surface area contributed by atoms with Crippen molar-refractivity contribution < 1.29 is 19.4 Å². The van der Waals surface area contributed by atoms with Crippen molar-refractivity contribution in [3.63, 3.8) is 0 Å². The van der Waals surface area contributed by atoms with Gasteiger partial charge in [0.05, 0.1) is 27.2 Å². The SMILES string of the molecule is COC(=O)CC(c1ccc(C)c(CO)c1)c1cc(OC)c2c(nnn2C)c1C. The van der Waals surface area contributed by atoms with Crippen molar-refractivity contribution in [1.82, 2.24) is 15.0 Å². The third-order valence-corrected chi connectivity index (χ3v) is 5.27. The highest BCUT2D eigenvalue weighted by molar-refractivity contribution is 5.86. The zero-order valence-corrected chi connectivity index (χ0v) is 16.8. The summed E-state index contributed by atoms with van der Waals surface area (Å²) in [6, 6.07) is 7.82. The summed E-state index contributed by atoms with van der Waals surface area (Å²) in [4.78, 5) is 12.2. The minimum Gasteiger partial charge on any atom is -0.494 e. The first-order valence-corrected chi connectivity index (χ1v) is 9.05. The Labute approximate surface area is 163 Å². The Hall–Kier alpha value is -2.93. The number of methoxy groups -OCH3 is 2. The number of aliphatic hydroxyl groups excluding tert-OH is 1. The molecule has 0 spiro atoms. The van der Waals surface area contributed by atoms with Crippen LogP contribution in [0.4, 0.5) is 0 Å². The summed E-state index contributed by atoms with van der Waals surface area (Å²) in [7, 11) is 4.80. The van der Waals surface area contributed by atoms with Gasteiger partial charge < -0.3 is 14.6 Å². The first-order valence-electron chi connectivity index (χ1n) is 9.05. The number of rotatable bonds is 6. The van der Waals surface area contributed by atoms with E-state index in [2.05, 4.69) is 10.3 Å². The van der Waals surface area contributed by atoms with Gasteiger partial charge in [-0.05, 0) is 47.7 Å². The highest BCUT2D eigenvalue weighted by atomic mass is 16.5. The monoisotopic (exact) mass is 383 g/mol. The number of hydrogen-bond acceptors (Lipinski definition) is 6. The van der Waals surface area contributed by atoms with E-state index in [0.717, 1.165) is 38.9 Å². The molecule has 7 heteroatoms. The lowest BCUT2D eigenvalue weighted by molar-refractivity contribution is -0.140. The molecule has 1 unspecified atom stereocenters. The normalized spacial score (nSPS) is 12.2. The highest BCUT2D eigenvalue weighted by Crippen LogP contribution is 2.38. The number of nitrogens with zero attached hydrogens (tertiary/aromatic N) is 3. The molecule has 3 aromatic rings. The lowest BCUT2D eigenvalue weighted by atomic mass is 9.84. The predicted octanol–water partition coefficient (Wildman–Crippen LogP) is 2.78. The number of fused-ring (bicyclic) bond motifs is 1. The molecule has 0 radical (unpaired) electrons. The Morgan fingerprint density at radius 2 is 2.00 bits per heavy atom. The van der Waals surface area contributed by atoms with Gasteiger partial charge >= 0.3 is 5.97 Å². The van der Waals surface area contributed by atoms with Crippen LogP contribution in [-0.4, -0.2) is 40.3 Å². The molecule has 0 aliphatic heterocycles. The summed E-state index contributed by atoms with van der Waals surface area (Å²) in [6.45, 7) is 3.86. The minimum absolute atomic E-state index is 0.0594. The molecule has 1 N–H and O–H groups in total. The number of carbonyl (C=O) groups is 1. The van der Waals surface area contributed by atoms with E-state index in [4.69, 9.17) is 9.47 Å². The molecule has 0 amide bonds. The van der Waals surface area contributed by atoms with Crippen molar-refractivity contribution >= 4 is 17.0 Å². The van der Waals surface area contributed by atoms with E-state index in [0.29, 0.717) is 5.75 Å².